The Hall–Kier alpha value is -3.45. The summed E-state index contributed by atoms with van der Waals surface area (Å²) >= 11 is 1.29. The normalized spacial score (nSPS) is 11.1. The molecule has 0 aliphatic heterocycles. The Bertz CT molecular complexity index is 1290. The number of nitrogens with zero attached hydrogens (tertiary/aromatic N) is 3. The molecule has 0 saturated carbocycles. The van der Waals surface area contributed by atoms with Crippen LogP contribution in [0.3, 0.4) is 0 Å². The molecule has 1 N–H and O–H groups in total. The average molecular weight is 475 g/mol. The number of carbonyl (C=O) groups is 1. The summed E-state index contributed by atoms with van der Waals surface area (Å²) in [4.78, 5) is 12.9. The molecule has 3 aromatic carbocycles. The van der Waals surface area contributed by atoms with E-state index in [4.69, 9.17) is 0 Å². The fourth-order valence-corrected chi connectivity index (χ4v) is 4.53. The molecule has 0 unspecified atom stereocenters. The van der Waals surface area contributed by atoms with Crippen LogP contribution in [0.15, 0.2) is 78.0 Å². The van der Waals surface area contributed by atoms with Crippen molar-refractivity contribution in [1.82, 2.24) is 14.8 Å². The van der Waals surface area contributed by atoms with Crippen LogP contribution in [0.1, 0.15) is 36.5 Å². The highest BCUT2D eigenvalue weighted by atomic mass is 32.2. The first-order chi connectivity index (χ1) is 16.4. The third-order valence-corrected chi connectivity index (χ3v) is 6.51. The summed E-state index contributed by atoms with van der Waals surface area (Å²) in [6, 6.07) is 22.4. The summed E-state index contributed by atoms with van der Waals surface area (Å²) in [7, 11) is 0. The van der Waals surface area contributed by atoms with Crippen molar-refractivity contribution in [3.8, 4) is 11.4 Å². The van der Waals surface area contributed by atoms with Gasteiger partial charge in [0.25, 0.3) is 0 Å². The van der Waals surface area contributed by atoms with Crippen molar-refractivity contribution in [2.75, 3.05) is 11.1 Å². The van der Waals surface area contributed by atoms with Crippen LogP contribution in [0, 0.1) is 12.7 Å². The SMILES string of the molecule is Cc1cccc(C(C)C)c1NC(=O)CSc1nnc(-c2ccccc2F)n1Cc1ccccc1. The second kappa shape index (κ2) is 10.7. The van der Waals surface area contributed by atoms with E-state index < -0.39 is 0 Å². The number of para-hydroxylation sites is 1. The van der Waals surface area contributed by atoms with E-state index >= 15 is 0 Å². The van der Waals surface area contributed by atoms with Crippen LogP contribution in [-0.4, -0.2) is 26.4 Å². The van der Waals surface area contributed by atoms with Crippen LogP contribution < -0.4 is 5.32 Å². The molecule has 0 radical (unpaired) electrons. The molecule has 1 amide bonds. The molecule has 0 fully saturated rings. The molecule has 4 aromatic rings. The van der Waals surface area contributed by atoms with Crippen molar-refractivity contribution >= 4 is 23.4 Å². The number of benzene rings is 3. The molecule has 7 heteroatoms. The summed E-state index contributed by atoms with van der Waals surface area (Å²) < 4.78 is 16.4. The Morgan fingerprint density at radius 2 is 1.74 bits per heavy atom. The Morgan fingerprint density at radius 1 is 1.00 bits per heavy atom. The van der Waals surface area contributed by atoms with Crippen molar-refractivity contribution in [2.24, 2.45) is 0 Å². The lowest BCUT2D eigenvalue weighted by molar-refractivity contribution is -0.113. The average Bonchev–Trinajstić information content (AvgIpc) is 3.22. The van der Waals surface area contributed by atoms with Crippen molar-refractivity contribution in [1.29, 1.82) is 0 Å². The fraction of sp³-hybridized carbons (Fsp3) is 0.222. The number of aryl methyl sites for hydroxylation is 1. The van der Waals surface area contributed by atoms with Crippen LogP contribution in [0.5, 0.6) is 0 Å². The van der Waals surface area contributed by atoms with Gasteiger partial charge in [-0.05, 0) is 41.7 Å². The van der Waals surface area contributed by atoms with Gasteiger partial charge in [-0.15, -0.1) is 10.2 Å². The largest absolute Gasteiger partial charge is 0.325 e. The highest BCUT2D eigenvalue weighted by Crippen LogP contribution is 2.29. The molecule has 0 atom stereocenters. The molecule has 4 rings (SSSR count). The number of carbonyl (C=O) groups excluding carboxylic acids is 1. The summed E-state index contributed by atoms with van der Waals surface area (Å²) in [6.45, 7) is 6.67. The highest BCUT2D eigenvalue weighted by molar-refractivity contribution is 7.99. The van der Waals surface area contributed by atoms with E-state index in [1.807, 2.05) is 60.0 Å². The van der Waals surface area contributed by atoms with Gasteiger partial charge in [0.1, 0.15) is 5.82 Å². The first kappa shape index (κ1) is 23.7. The molecular formula is C27H27FN4OS. The number of amides is 1. The van der Waals surface area contributed by atoms with Crippen molar-refractivity contribution in [3.63, 3.8) is 0 Å². The smallest absolute Gasteiger partial charge is 0.234 e. The highest BCUT2D eigenvalue weighted by Gasteiger charge is 2.19. The second-order valence-corrected chi connectivity index (χ2v) is 9.33. The van der Waals surface area contributed by atoms with Crippen LogP contribution in [0.2, 0.25) is 0 Å². The minimum Gasteiger partial charge on any atom is -0.325 e. The lowest BCUT2D eigenvalue weighted by Gasteiger charge is -2.16. The van der Waals surface area contributed by atoms with E-state index in [1.54, 1.807) is 18.2 Å². The Kier molecular flexibility index (Phi) is 7.43. The molecular weight excluding hydrogens is 447 g/mol. The van der Waals surface area contributed by atoms with Crippen LogP contribution in [0.25, 0.3) is 11.4 Å². The number of hydrogen-bond donors (Lipinski definition) is 1. The topological polar surface area (TPSA) is 59.8 Å². The number of aromatic nitrogens is 3. The van der Waals surface area contributed by atoms with Gasteiger partial charge in [0.15, 0.2) is 11.0 Å². The Morgan fingerprint density at radius 3 is 2.47 bits per heavy atom. The molecule has 1 aromatic heterocycles. The maximum absolute atomic E-state index is 14.5. The summed E-state index contributed by atoms with van der Waals surface area (Å²) in [5.74, 6) is 0.406. The van der Waals surface area contributed by atoms with Crippen LogP contribution in [0.4, 0.5) is 10.1 Å². The van der Waals surface area contributed by atoms with Gasteiger partial charge < -0.3 is 5.32 Å². The second-order valence-electron chi connectivity index (χ2n) is 8.39. The predicted molar refractivity (Wildman–Crippen MR) is 136 cm³/mol. The van der Waals surface area contributed by atoms with Gasteiger partial charge in [0.05, 0.1) is 17.9 Å². The van der Waals surface area contributed by atoms with E-state index in [-0.39, 0.29) is 17.5 Å². The van der Waals surface area contributed by atoms with E-state index in [9.17, 15) is 9.18 Å². The Balaban J connectivity index is 1.58. The Labute approximate surface area is 203 Å². The first-order valence-corrected chi connectivity index (χ1v) is 12.2. The lowest BCUT2D eigenvalue weighted by atomic mass is 9.98. The molecule has 0 bridgehead atoms. The zero-order valence-electron chi connectivity index (χ0n) is 19.5. The predicted octanol–water partition coefficient (Wildman–Crippen LogP) is 6.30. The minimum absolute atomic E-state index is 0.122. The molecule has 0 saturated heterocycles. The van der Waals surface area contributed by atoms with Gasteiger partial charge >= 0.3 is 0 Å². The van der Waals surface area contributed by atoms with Gasteiger partial charge in [-0.25, -0.2) is 4.39 Å². The van der Waals surface area contributed by atoms with E-state index in [2.05, 4.69) is 29.4 Å². The minimum atomic E-state index is -0.362. The van der Waals surface area contributed by atoms with Crippen molar-refractivity contribution < 1.29 is 9.18 Å². The standard InChI is InChI=1S/C27H27FN4OS/c1-18(2)21-14-9-10-19(3)25(21)29-24(33)17-34-27-31-30-26(22-13-7-8-15-23(22)28)32(27)16-20-11-5-4-6-12-20/h4-15,18H,16-17H2,1-3H3,(H,29,33). The van der Waals surface area contributed by atoms with Crippen LogP contribution >= 0.6 is 11.8 Å². The summed E-state index contributed by atoms with van der Waals surface area (Å²) in [5.41, 5.74) is 4.41. The fourth-order valence-electron chi connectivity index (χ4n) is 3.79. The molecule has 5 nitrogen and oxygen atoms in total. The summed E-state index contributed by atoms with van der Waals surface area (Å²) in [6.07, 6.45) is 0. The van der Waals surface area contributed by atoms with Crippen molar-refractivity contribution in [3.05, 3.63) is 95.3 Å². The number of rotatable bonds is 8. The van der Waals surface area contributed by atoms with Crippen molar-refractivity contribution in [2.45, 2.75) is 38.4 Å². The molecule has 1 heterocycles. The van der Waals surface area contributed by atoms with Gasteiger partial charge in [-0.1, -0.05) is 86.3 Å². The van der Waals surface area contributed by atoms with E-state index in [0.717, 1.165) is 22.4 Å². The number of anilines is 1. The quantitative estimate of drug-likeness (QED) is 0.305. The molecule has 34 heavy (non-hydrogen) atoms. The van der Waals surface area contributed by atoms with Gasteiger partial charge in [0, 0.05) is 5.69 Å². The maximum atomic E-state index is 14.5. The molecule has 0 spiro atoms. The molecule has 0 aliphatic rings. The van der Waals surface area contributed by atoms with Gasteiger partial charge in [-0.3, -0.25) is 9.36 Å². The number of thioether (sulfide) groups is 1. The third-order valence-electron chi connectivity index (χ3n) is 5.54. The lowest BCUT2D eigenvalue weighted by Crippen LogP contribution is -2.17. The number of hydrogen-bond acceptors (Lipinski definition) is 4. The van der Waals surface area contributed by atoms with E-state index in [0.29, 0.717) is 29.0 Å². The molecule has 174 valence electrons. The third kappa shape index (κ3) is 5.37. The zero-order chi connectivity index (χ0) is 24.1. The number of nitrogens with one attached hydrogen (secondary N) is 1. The summed E-state index contributed by atoms with van der Waals surface area (Å²) in [5, 5.41) is 12.2. The van der Waals surface area contributed by atoms with Gasteiger partial charge in [0.2, 0.25) is 5.91 Å². The van der Waals surface area contributed by atoms with Crippen LogP contribution in [-0.2, 0) is 11.3 Å². The zero-order valence-corrected chi connectivity index (χ0v) is 20.3. The monoisotopic (exact) mass is 474 g/mol. The maximum Gasteiger partial charge on any atom is 0.234 e. The first-order valence-electron chi connectivity index (χ1n) is 11.2. The van der Waals surface area contributed by atoms with Gasteiger partial charge in [-0.2, -0.15) is 0 Å². The van der Waals surface area contributed by atoms with E-state index in [1.165, 1.54) is 17.8 Å². The number of halogens is 1. The molecule has 0 aliphatic carbocycles.